The first-order valence-electron chi connectivity index (χ1n) is 4.23. The van der Waals surface area contributed by atoms with E-state index in [0.717, 1.165) is 6.20 Å². The van der Waals surface area contributed by atoms with Gasteiger partial charge >= 0.3 is 6.55 Å². The normalized spacial score (nSPS) is 12.5. The Bertz CT molecular complexity index is 636. The van der Waals surface area contributed by atoms with Gasteiger partial charge in [-0.3, -0.25) is 4.57 Å². The summed E-state index contributed by atoms with van der Waals surface area (Å²) in [5.41, 5.74) is 0.136. The summed E-state index contributed by atoms with van der Waals surface area (Å²) in [6.45, 7) is -2.81. The summed E-state index contributed by atoms with van der Waals surface area (Å²) in [6.07, 6.45) is 0.845. The molecule has 0 spiro atoms. The number of halogens is 3. The van der Waals surface area contributed by atoms with Crippen LogP contribution in [0.25, 0.3) is 10.9 Å². The third-order valence-electron chi connectivity index (χ3n) is 2.18. The summed E-state index contributed by atoms with van der Waals surface area (Å²) in [4.78, 5) is -0.301. The van der Waals surface area contributed by atoms with Crippen molar-refractivity contribution in [1.29, 1.82) is 0 Å². The van der Waals surface area contributed by atoms with Gasteiger partial charge in [0, 0.05) is 22.3 Å². The van der Waals surface area contributed by atoms with Crippen molar-refractivity contribution in [3.8, 4) is 0 Å². The van der Waals surface area contributed by atoms with Gasteiger partial charge < -0.3 is 0 Å². The van der Waals surface area contributed by atoms with E-state index >= 15 is 0 Å². The van der Waals surface area contributed by atoms with E-state index in [0.29, 0.717) is 4.57 Å². The van der Waals surface area contributed by atoms with Crippen LogP contribution in [0.3, 0.4) is 0 Å². The second-order valence-corrected chi connectivity index (χ2v) is 5.67. The van der Waals surface area contributed by atoms with E-state index in [2.05, 4.69) is 0 Å². The summed E-state index contributed by atoms with van der Waals surface area (Å²) < 4.78 is 48.2. The van der Waals surface area contributed by atoms with E-state index in [1.807, 2.05) is 0 Å². The number of benzene rings is 1. The second-order valence-electron chi connectivity index (χ2n) is 3.13. The van der Waals surface area contributed by atoms with Gasteiger partial charge in [-0.05, 0) is 6.07 Å². The van der Waals surface area contributed by atoms with Crippen LogP contribution in [0.4, 0.5) is 8.78 Å². The molecular formula is C9H6ClF2NO2S. The lowest BCUT2D eigenvalue weighted by Gasteiger charge is -2.01. The summed E-state index contributed by atoms with van der Waals surface area (Å²) >= 11 is 0. The molecule has 0 radical (unpaired) electrons. The largest absolute Gasteiger partial charge is 0.319 e. The Morgan fingerprint density at radius 3 is 2.44 bits per heavy atom. The molecule has 0 N–H and O–H groups in total. The summed E-state index contributed by atoms with van der Waals surface area (Å²) in [7, 11) is 1.15. The first kappa shape index (κ1) is 11.3. The predicted molar refractivity (Wildman–Crippen MR) is 56.2 cm³/mol. The van der Waals surface area contributed by atoms with Crippen LogP contribution >= 0.6 is 10.7 Å². The van der Waals surface area contributed by atoms with Crippen LogP contribution in [0.5, 0.6) is 0 Å². The average molecular weight is 266 g/mol. The van der Waals surface area contributed by atoms with Crippen LogP contribution in [0.2, 0.25) is 0 Å². The fourth-order valence-electron chi connectivity index (χ4n) is 1.53. The Morgan fingerprint density at radius 1 is 1.25 bits per heavy atom. The smallest absolute Gasteiger partial charge is 0.290 e. The molecular weight excluding hydrogens is 260 g/mol. The van der Waals surface area contributed by atoms with Crippen molar-refractivity contribution < 1.29 is 17.2 Å². The molecule has 0 atom stereocenters. The lowest BCUT2D eigenvalue weighted by molar-refractivity contribution is 0.0748. The molecule has 16 heavy (non-hydrogen) atoms. The third kappa shape index (κ3) is 1.78. The van der Waals surface area contributed by atoms with E-state index < -0.39 is 15.6 Å². The Hall–Kier alpha value is -1.14. The second kappa shape index (κ2) is 3.71. The maximum atomic E-state index is 12.6. The highest BCUT2D eigenvalue weighted by atomic mass is 35.7. The first-order chi connectivity index (χ1) is 7.41. The van der Waals surface area contributed by atoms with Gasteiger partial charge in [0.25, 0.3) is 9.05 Å². The number of rotatable bonds is 2. The fourth-order valence-corrected chi connectivity index (χ4v) is 2.57. The lowest BCUT2D eigenvalue weighted by atomic mass is 10.2. The molecule has 0 aliphatic carbocycles. The summed E-state index contributed by atoms with van der Waals surface area (Å²) in [5, 5.41) is 0.192. The molecule has 0 saturated heterocycles. The monoisotopic (exact) mass is 265 g/mol. The molecule has 86 valence electrons. The van der Waals surface area contributed by atoms with Crippen molar-refractivity contribution in [1.82, 2.24) is 4.57 Å². The minimum Gasteiger partial charge on any atom is -0.290 e. The van der Waals surface area contributed by atoms with Crippen molar-refractivity contribution in [2.45, 2.75) is 11.4 Å². The molecule has 2 rings (SSSR count). The van der Waals surface area contributed by atoms with Crippen LogP contribution in [0.15, 0.2) is 35.4 Å². The number of hydrogen-bond acceptors (Lipinski definition) is 2. The number of nitrogens with zero attached hydrogens (tertiary/aromatic N) is 1. The van der Waals surface area contributed by atoms with Gasteiger partial charge in [-0.2, -0.15) is 8.78 Å². The van der Waals surface area contributed by atoms with Gasteiger partial charge in [0.05, 0.1) is 5.52 Å². The topological polar surface area (TPSA) is 39.1 Å². The first-order valence-corrected chi connectivity index (χ1v) is 6.54. The van der Waals surface area contributed by atoms with Gasteiger partial charge in [-0.25, -0.2) is 8.42 Å². The third-order valence-corrected chi connectivity index (χ3v) is 3.53. The highest BCUT2D eigenvalue weighted by Gasteiger charge is 2.21. The molecule has 3 nitrogen and oxygen atoms in total. The Labute approximate surface area is 94.7 Å². The Balaban J connectivity index is 2.88. The highest BCUT2D eigenvalue weighted by molar-refractivity contribution is 8.14. The van der Waals surface area contributed by atoms with E-state index in [-0.39, 0.29) is 15.8 Å². The van der Waals surface area contributed by atoms with Crippen molar-refractivity contribution in [3.63, 3.8) is 0 Å². The predicted octanol–water partition coefficient (Wildman–Crippen LogP) is 2.96. The van der Waals surface area contributed by atoms with Crippen LogP contribution in [0.1, 0.15) is 6.55 Å². The molecule has 0 fully saturated rings. The minimum atomic E-state index is -4.02. The van der Waals surface area contributed by atoms with Gasteiger partial charge in [0.2, 0.25) is 0 Å². The summed E-state index contributed by atoms with van der Waals surface area (Å²) in [5.74, 6) is 0. The number of fused-ring (bicyclic) bond motifs is 1. The number of alkyl halides is 2. The van der Waals surface area contributed by atoms with E-state index in [1.165, 1.54) is 12.1 Å². The quantitative estimate of drug-likeness (QED) is 0.783. The number of hydrogen-bond donors (Lipinski definition) is 0. The average Bonchev–Trinajstić information content (AvgIpc) is 2.56. The van der Waals surface area contributed by atoms with Crippen LogP contribution < -0.4 is 0 Å². The molecule has 0 saturated carbocycles. The molecule has 2 aromatic rings. The minimum absolute atomic E-state index is 0.136. The van der Waals surface area contributed by atoms with Crippen LogP contribution in [0, 0.1) is 0 Å². The number of para-hydroxylation sites is 1. The zero-order chi connectivity index (χ0) is 11.9. The molecule has 1 heterocycles. The molecule has 7 heteroatoms. The molecule has 1 aromatic heterocycles. The molecule has 0 unspecified atom stereocenters. The van der Waals surface area contributed by atoms with Crippen molar-refractivity contribution in [2.75, 3.05) is 0 Å². The molecule has 0 aliphatic rings. The SMILES string of the molecule is O=S(=O)(Cl)c1cn(C(F)F)c2ccccc12. The standard InChI is InChI=1S/C9H6ClF2NO2S/c10-16(14,15)8-5-13(9(11)12)7-4-2-1-3-6(7)8/h1-5,9H. The lowest BCUT2D eigenvalue weighted by Crippen LogP contribution is -1.95. The Kier molecular flexibility index (Phi) is 2.63. The fraction of sp³-hybridized carbons (Fsp3) is 0.111. The molecule has 0 bridgehead atoms. The van der Waals surface area contributed by atoms with Gasteiger partial charge in [0.1, 0.15) is 4.90 Å². The van der Waals surface area contributed by atoms with E-state index in [1.54, 1.807) is 12.1 Å². The van der Waals surface area contributed by atoms with Crippen molar-refractivity contribution in [3.05, 3.63) is 30.5 Å². The van der Waals surface area contributed by atoms with Gasteiger partial charge in [-0.15, -0.1) is 0 Å². The molecule has 0 amide bonds. The van der Waals surface area contributed by atoms with Crippen molar-refractivity contribution >= 4 is 30.6 Å². The maximum Gasteiger partial charge on any atom is 0.319 e. The van der Waals surface area contributed by atoms with Gasteiger partial charge in [-0.1, -0.05) is 18.2 Å². The van der Waals surface area contributed by atoms with E-state index in [9.17, 15) is 17.2 Å². The zero-order valence-corrected chi connectivity index (χ0v) is 9.34. The van der Waals surface area contributed by atoms with Crippen LogP contribution in [-0.4, -0.2) is 13.0 Å². The van der Waals surface area contributed by atoms with Crippen molar-refractivity contribution in [2.24, 2.45) is 0 Å². The van der Waals surface area contributed by atoms with E-state index in [4.69, 9.17) is 10.7 Å². The molecule has 0 aliphatic heterocycles. The molecule has 1 aromatic carbocycles. The summed E-state index contributed by atoms with van der Waals surface area (Å²) in [6, 6.07) is 5.95. The Morgan fingerprint density at radius 2 is 1.88 bits per heavy atom. The van der Waals surface area contributed by atoms with Gasteiger partial charge in [0.15, 0.2) is 0 Å². The zero-order valence-electron chi connectivity index (χ0n) is 7.77. The van der Waals surface area contributed by atoms with Crippen LogP contribution in [-0.2, 0) is 9.05 Å². The highest BCUT2D eigenvalue weighted by Crippen LogP contribution is 2.30. The number of aromatic nitrogens is 1. The maximum absolute atomic E-state index is 12.6.